The van der Waals surface area contributed by atoms with E-state index in [4.69, 9.17) is 13.9 Å². The highest BCUT2D eigenvalue weighted by Gasteiger charge is 2.32. The van der Waals surface area contributed by atoms with E-state index in [-0.39, 0.29) is 17.1 Å². The molecule has 1 N–H and O–H groups in total. The van der Waals surface area contributed by atoms with E-state index in [1.54, 1.807) is 6.26 Å². The summed E-state index contributed by atoms with van der Waals surface area (Å²) in [4.78, 5) is 18.5. The van der Waals surface area contributed by atoms with E-state index >= 15 is 0 Å². The van der Waals surface area contributed by atoms with Crippen LogP contribution in [0.5, 0.6) is 11.5 Å². The Kier molecular flexibility index (Phi) is 7.01. The number of nitrogens with zero attached hydrogens (tertiary/aromatic N) is 5. The van der Waals surface area contributed by atoms with Crippen molar-refractivity contribution >= 4 is 10.9 Å². The van der Waals surface area contributed by atoms with Gasteiger partial charge in [-0.15, -0.1) is 5.10 Å². The molecule has 1 aromatic carbocycles. The van der Waals surface area contributed by atoms with Crippen molar-refractivity contribution in [1.29, 1.82) is 0 Å². The average molecular weight is 507 g/mol. The van der Waals surface area contributed by atoms with Crippen molar-refractivity contribution in [2.75, 3.05) is 13.2 Å². The smallest absolute Gasteiger partial charge is 0.252 e. The SMILES string of the molecule is CCC[C@H](c1nnnn1C(C)(C)CC)N(Cc1ccco1)Cc1cc2cc3c(cc2[nH]c1=O)OCCO3. The summed E-state index contributed by atoms with van der Waals surface area (Å²) in [5, 5.41) is 13.8. The van der Waals surface area contributed by atoms with Crippen LogP contribution in [-0.4, -0.2) is 43.3 Å². The fourth-order valence-electron chi connectivity index (χ4n) is 4.73. The van der Waals surface area contributed by atoms with Crippen LogP contribution in [0.1, 0.15) is 70.1 Å². The van der Waals surface area contributed by atoms with Gasteiger partial charge in [-0.3, -0.25) is 9.69 Å². The number of tetrazole rings is 1. The summed E-state index contributed by atoms with van der Waals surface area (Å²) in [7, 11) is 0. The Morgan fingerprint density at radius 3 is 2.62 bits per heavy atom. The molecule has 5 rings (SSSR count). The van der Waals surface area contributed by atoms with Gasteiger partial charge in [0.15, 0.2) is 17.3 Å². The molecule has 3 aromatic heterocycles. The second-order valence-electron chi connectivity index (χ2n) is 10.1. The molecule has 0 bridgehead atoms. The van der Waals surface area contributed by atoms with E-state index in [1.807, 2.05) is 35.0 Å². The van der Waals surface area contributed by atoms with Crippen molar-refractivity contribution in [3.05, 3.63) is 64.1 Å². The van der Waals surface area contributed by atoms with E-state index in [9.17, 15) is 4.79 Å². The fraction of sp³-hybridized carbons (Fsp3) is 0.481. The minimum Gasteiger partial charge on any atom is -0.486 e. The van der Waals surface area contributed by atoms with Crippen molar-refractivity contribution in [2.24, 2.45) is 0 Å². The van der Waals surface area contributed by atoms with Gasteiger partial charge in [0.25, 0.3) is 5.56 Å². The summed E-state index contributed by atoms with van der Waals surface area (Å²) >= 11 is 0. The highest BCUT2D eigenvalue weighted by Crippen LogP contribution is 2.35. The lowest BCUT2D eigenvalue weighted by Gasteiger charge is -2.33. The largest absolute Gasteiger partial charge is 0.486 e. The molecule has 10 nitrogen and oxygen atoms in total. The maximum Gasteiger partial charge on any atom is 0.252 e. The van der Waals surface area contributed by atoms with Gasteiger partial charge in [0.2, 0.25) is 0 Å². The monoisotopic (exact) mass is 506 g/mol. The molecule has 196 valence electrons. The van der Waals surface area contributed by atoms with E-state index in [0.717, 1.165) is 36.2 Å². The fourth-order valence-corrected chi connectivity index (χ4v) is 4.73. The number of furan rings is 1. The zero-order valence-electron chi connectivity index (χ0n) is 21.9. The second kappa shape index (κ2) is 10.4. The summed E-state index contributed by atoms with van der Waals surface area (Å²) in [6.45, 7) is 10.4. The number of hydrogen-bond donors (Lipinski definition) is 1. The van der Waals surface area contributed by atoms with Crippen LogP contribution in [0.15, 0.2) is 45.8 Å². The van der Waals surface area contributed by atoms with Crippen molar-refractivity contribution in [3.63, 3.8) is 0 Å². The summed E-state index contributed by atoms with van der Waals surface area (Å²) in [5.41, 5.74) is 0.972. The van der Waals surface area contributed by atoms with Crippen LogP contribution in [0.3, 0.4) is 0 Å². The van der Waals surface area contributed by atoms with Gasteiger partial charge >= 0.3 is 0 Å². The zero-order chi connectivity index (χ0) is 26.0. The Labute approximate surface area is 215 Å². The molecule has 0 saturated carbocycles. The van der Waals surface area contributed by atoms with Crippen LogP contribution >= 0.6 is 0 Å². The van der Waals surface area contributed by atoms with E-state index in [2.05, 4.69) is 53.1 Å². The van der Waals surface area contributed by atoms with Crippen LogP contribution in [0.4, 0.5) is 0 Å². The van der Waals surface area contributed by atoms with Gasteiger partial charge in [0, 0.05) is 23.6 Å². The molecule has 1 atom stereocenters. The summed E-state index contributed by atoms with van der Waals surface area (Å²) in [5.74, 6) is 2.94. The first-order chi connectivity index (χ1) is 17.9. The topological polar surface area (TPSA) is 111 Å². The lowest BCUT2D eigenvalue weighted by Crippen LogP contribution is -2.36. The molecule has 0 unspecified atom stereocenters. The van der Waals surface area contributed by atoms with Gasteiger partial charge in [-0.2, -0.15) is 0 Å². The van der Waals surface area contributed by atoms with E-state index in [0.29, 0.717) is 48.9 Å². The third kappa shape index (κ3) is 5.11. The minimum atomic E-state index is -0.247. The normalized spacial score (nSPS) is 14.4. The van der Waals surface area contributed by atoms with Crippen LogP contribution in [-0.2, 0) is 18.6 Å². The first-order valence-corrected chi connectivity index (χ1v) is 12.9. The van der Waals surface area contributed by atoms with Gasteiger partial charge in [-0.25, -0.2) is 4.68 Å². The molecule has 1 aliphatic heterocycles. The molecule has 0 aliphatic carbocycles. The molecule has 0 radical (unpaired) electrons. The van der Waals surface area contributed by atoms with Crippen LogP contribution in [0.2, 0.25) is 0 Å². The Balaban J connectivity index is 1.55. The van der Waals surface area contributed by atoms with Crippen LogP contribution < -0.4 is 15.0 Å². The van der Waals surface area contributed by atoms with Crippen molar-refractivity contribution in [3.8, 4) is 11.5 Å². The highest BCUT2D eigenvalue weighted by atomic mass is 16.6. The number of ether oxygens (including phenoxy) is 2. The number of benzene rings is 1. The summed E-state index contributed by atoms with van der Waals surface area (Å²) in [6.07, 6.45) is 4.30. The Morgan fingerprint density at radius 1 is 1.14 bits per heavy atom. The van der Waals surface area contributed by atoms with Gasteiger partial charge in [0.1, 0.15) is 19.0 Å². The van der Waals surface area contributed by atoms with Gasteiger partial charge in [-0.05, 0) is 61.4 Å². The predicted octanol–water partition coefficient (Wildman–Crippen LogP) is 4.57. The number of nitrogens with one attached hydrogen (secondary N) is 1. The molecule has 4 aromatic rings. The molecule has 0 spiro atoms. The number of rotatable bonds is 10. The standard InChI is InChI=1S/C27H34N6O4/c1-5-8-22(25-29-30-31-33(25)27(3,4)6-2)32(17-20-9-7-10-35-20)16-19-13-18-14-23-24(37-12-11-36-23)15-21(18)28-26(19)34/h7,9-10,13-15,22H,5-6,8,11-12,16-17H2,1-4H3,(H,28,34)/t22-/m1/s1. The first-order valence-electron chi connectivity index (χ1n) is 12.9. The Bertz CT molecular complexity index is 1410. The number of hydrogen-bond acceptors (Lipinski definition) is 8. The van der Waals surface area contributed by atoms with E-state index in [1.165, 1.54) is 0 Å². The lowest BCUT2D eigenvalue weighted by molar-refractivity contribution is 0.135. The van der Waals surface area contributed by atoms with Crippen molar-refractivity contribution < 1.29 is 13.9 Å². The lowest BCUT2D eigenvalue weighted by atomic mass is 10.0. The maximum atomic E-state index is 13.3. The summed E-state index contributed by atoms with van der Waals surface area (Å²) < 4.78 is 19.1. The average Bonchev–Trinajstić information content (AvgIpc) is 3.59. The number of H-pyrrole nitrogens is 1. The second-order valence-corrected chi connectivity index (χ2v) is 10.1. The highest BCUT2D eigenvalue weighted by molar-refractivity contribution is 5.83. The van der Waals surface area contributed by atoms with Crippen LogP contribution in [0.25, 0.3) is 10.9 Å². The molecule has 0 fully saturated rings. The van der Waals surface area contributed by atoms with Gasteiger partial charge < -0.3 is 18.9 Å². The van der Waals surface area contributed by atoms with E-state index < -0.39 is 0 Å². The quantitative estimate of drug-likeness (QED) is 0.333. The third-order valence-corrected chi connectivity index (χ3v) is 7.13. The molecule has 4 heterocycles. The Hall–Kier alpha value is -3.66. The molecular formula is C27H34N6O4. The zero-order valence-corrected chi connectivity index (χ0v) is 21.9. The molecule has 0 amide bonds. The maximum absolute atomic E-state index is 13.3. The van der Waals surface area contributed by atoms with Crippen molar-refractivity contribution in [1.82, 2.24) is 30.1 Å². The summed E-state index contributed by atoms with van der Waals surface area (Å²) in [6, 6.07) is 9.39. The first kappa shape index (κ1) is 25.0. The predicted molar refractivity (Wildman–Crippen MR) is 139 cm³/mol. The van der Waals surface area contributed by atoms with Crippen molar-refractivity contribution in [2.45, 2.75) is 71.6 Å². The minimum absolute atomic E-state index is 0.119. The molecule has 10 heteroatoms. The number of pyridine rings is 1. The number of aromatic nitrogens is 5. The Morgan fingerprint density at radius 2 is 1.92 bits per heavy atom. The molecule has 0 saturated heterocycles. The molecule has 1 aliphatic rings. The number of aromatic amines is 1. The van der Waals surface area contributed by atoms with Gasteiger partial charge in [-0.1, -0.05) is 20.3 Å². The molecular weight excluding hydrogens is 472 g/mol. The van der Waals surface area contributed by atoms with Gasteiger partial charge in [0.05, 0.1) is 29.9 Å². The number of fused-ring (bicyclic) bond motifs is 2. The van der Waals surface area contributed by atoms with Crippen LogP contribution in [0, 0.1) is 0 Å². The molecule has 37 heavy (non-hydrogen) atoms. The third-order valence-electron chi connectivity index (χ3n) is 7.13.